The molecule has 3 rings (SSSR count). The number of rotatable bonds is 7. The van der Waals surface area contributed by atoms with Gasteiger partial charge < -0.3 is 19.5 Å². The molecule has 0 saturated carbocycles. The Morgan fingerprint density at radius 1 is 1.19 bits per heavy atom. The van der Waals surface area contributed by atoms with Crippen molar-refractivity contribution in [2.45, 2.75) is 6.92 Å². The first kappa shape index (κ1) is 18.2. The Labute approximate surface area is 156 Å². The molecule has 0 aromatic heterocycles. The summed E-state index contributed by atoms with van der Waals surface area (Å²) in [7, 11) is 0. The van der Waals surface area contributed by atoms with Gasteiger partial charge in [-0.3, -0.25) is 9.59 Å². The van der Waals surface area contributed by atoms with E-state index in [2.05, 4.69) is 15.8 Å². The zero-order valence-corrected chi connectivity index (χ0v) is 14.7. The number of fused-ring (bicyclic) bond motifs is 1. The lowest BCUT2D eigenvalue weighted by atomic mass is 10.2. The van der Waals surface area contributed by atoms with E-state index in [-0.39, 0.29) is 13.3 Å². The standard InChI is InChI=1S/C19H19N3O5/c1-2-25-15-5-3-4-13(8-15)10-21-22-18(23)11-20-19(24)14-6-7-16-17(9-14)27-12-26-16/h3-10H,2,11-12H2,1H3,(H,20,24)(H,22,23)/b21-10-. The second-order valence-electron chi connectivity index (χ2n) is 5.55. The molecule has 0 saturated heterocycles. The number of hydrogen-bond donors (Lipinski definition) is 2. The number of carbonyl (C=O) groups is 2. The molecule has 0 aliphatic carbocycles. The number of carbonyl (C=O) groups excluding carboxylic acids is 2. The monoisotopic (exact) mass is 369 g/mol. The molecular weight excluding hydrogens is 350 g/mol. The van der Waals surface area contributed by atoms with Crippen LogP contribution in [0.2, 0.25) is 0 Å². The number of hydrazone groups is 1. The van der Waals surface area contributed by atoms with E-state index in [9.17, 15) is 9.59 Å². The zero-order chi connectivity index (χ0) is 19.1. The third-order valence-corrected chi connectivity index (χ3v) is 3.62. The minimum Gasteiger partial charge on any atom is -0.494 e. The topological polar surface area (TPSA) is 98.2 Å². The summed E-state index contributed by atoms with van der Waals surface area (Å²) < 4.78 is 15.8. The molecule has 0 atom stereocenters. The highest BCUT2D eigenvalue weighted by Gasteiger charge is 2.16. The Morgan fingerprint density at radius 3 is 2.89 bits per heavy atom. The molecule has 8 heteroatoms. The third-order valence-electron chi connectivity index (χ3n) is 3.62. The quantitative estimate of drug-likeness (QED) is 0.572. The molecule has 2 aromatic carbocycles. The summed E-state index contributed by atoms with van der Waals surface area (Å²) in [5.74, 6) is 0.986. The van der Waals surface area contributed by atoms with Crippen molar-refractivity contribution in [3.63, 3.8) is 0 Å². The van der Waals surface area contributed by atoms with E-state index in [0.29, 0.717) is 23.7 Å². The molecule has 0 unspecified atom stereocenters. The number of benzene rings is 2. The number of amides is 2. The first-order chi connectivity index (χ1) is 13.2. The largest absolute Gasteiger partial charge is 0.494 e. The van der Waals surface area contributed by atoms with Crippen LogP contribution in [0.25, 0.3) is 0 Å². The smallest absolute Gasteiger partial charge is 0.259 e. The van der Waals surface area contributed by atoms with Gasteiger partial charge in [0.05, 0.1) is 19.4 Å². The van der Waals surface area contributed by atoms with Crippen LogP contribution in [0.3, 0.4) is 0 Å². The van der Waals surface area contributed by atoms with Gasteiger partial charge in [-0.25, -0.2) is 5.43 Å². The summed E-state index contributed by atoms with van der Waals surface area (Å²) in [6, 6.07) is 12.1. The number of nitrogens with one attached hydrogen (secondary N) is 2. The van der Waals surface area contributed by atoms with Crippen molar-refractivity contribution < 1.29 is 23.8 Å². The van der Waals surface area contributed by atoms with Crippen LogP contribution in [0.4, 0.5) is 0 Å². The summed E-state index contributed by atoms with van der Waals surface area (Å²) >= 11 is 0. The normalized spacial score (nSPS) is 12.0. The Balaban J connectivity index is 1.46. The molecule has 0 radical (unpaired) electrons. The van der Waals surface area contributed by atoms with Gasteiger partial charge in [0.2, 0.25) is 6.79 Å². The minimum atomic E-state index is -0.443. The van der Waals surface area contributed by atoms with E-state index in [1.807, 2.05) is 25.1 Å². The average molecular weight is 369 g/mol. The summed E-state index contributed by atoms with van der Waals surface area (Å²) in [5.41, 5.74) is 3.52. The van der Waals surface area contributed by atoms with Crippen LogP contribution in [0.1, 0.15) is 22.8 Å². The lowest BCUT2D eigenvalue weighted by molar-refractivity contribution is -0.120. The van der Waals surface area contributed by atoms with Gasteiger partial charge in [0.15, 0.2) is 11.5 Å². The maximum Gasteiger partial charge on any atom is 0.259 e. The number of hydrogen-bond acceptors (Lipinski definition) is 6. The van der Waals surface area contributed by atoms with Crippen LogP contribution in [0.15, 0.2) is 47.6 Å². The van der Waals surface area contributed by atoms with E-state index < -0.39 is 11.8 Å². The highest BCUT2D eigenvalue weighted by Crippen LogP contribution is 2.32. The molecule has 2 aromatic rings. The van der Waals surface area contributed by atoms with Crippen LogP contribution >= 0.6 is 0 Å². The molecular formula is C19H19N3O5. The molecule has 27 heavy (non-hydrogen) atoms. The van der Waals surface area contributed by atoms with Crippen molar-refractivity contribution in [2.75, 3.05) is 19.9 Å². The van der Waals surface area contributed by atoms with Gasteiger partial charge in [0, 0.05) is 5.56 Å². The molecule has 2 N–H and O–H groups in total. The van der Waals surface area contributed by atoms with Crippen molar-refractivity contribution in [3.05, 3.63) is 53.6 Å². The van der Waals surface area contributed by atoms with E-state index in [4.69, 9.17) is 14.2 Å². The zero-order valence-electron chi connectivity index (χ0n) is 14.7. The van der Waals surface area contributed by atoms with Crippen molar-refractivity contribution in [2.24, 2.45) is 5.10 Å². The second-order valence-corrected chi connectivity index (χ2v) is 5.55. The lowest BCUT2D eigenvalue weighted by Gasteiger charge is -2.05. The van der Waals surface area contributed by atoms with Crippen molar-refractivity contribution in [1.82, 2.24) is 10.7 Å². The van der Waals surface area contributed by atoms with Gasteiger partial charge in [0.25, 0.3) is 11.8 Å². The molecule has 0 spiro atoms. The Bertz CT molecular complexity index is 866. The van der Waals surface area contributed by atoms with Crippen LogP contribution in [-0.4, -0.2) is 38.0 Å². The van der Waals surface area contributed by atoms with Crippen LogP contribution < -0.4 is 25.0 Å². The maximum atomic E-state index is 12.1. The first-order valence-corrected chi connectivity index (χ1v) is 8.38. The highest BCUT2D eigenvalue weighted by molar-refractivity contribution is 5.97. The minimum absolute atomic E-state index is 0.133. The second kappa shape index (κ2) is 8.70. The Kier molecular flexibility index (Phi) is 5.88. The van der Waals surface area contributed by atoms with E-state index >= 15 is 0 Å². The Morgan fingerprint density at radius 2 is 2.04 bits per heavy atom. The van der Waals surface area contributed by atoms with Crippen molar-refractivity contribution in [1.29, 1.82) is 0 Å². The van der Waals surface area contributed by atoms with Gasteiger partial charge in [-0.1, -0.05) is 12.1 Å². The van der Waals surface area contributed by atoms with Gasteiger partial charge in [-0.2, -0.15) is 5.10 Å². The summed E-state index contributed by atoms with van der Waals surface area (Å²) in [5, 5.41) is 6.40. The fraction of sp³-hybridized carbons (Fsp3) is 0.211. The molecule has 1 aliphatic rings. The fourth-order valence-electron chi connectivity index (χ4n) is 2.37. The van der Waals surface area contributed by atoms with Gasteiger partial charge in [-0.05, 0) is 42.8 Å². The molecule has 2 amide bonds. The lowest BCUT2D eigenvalue weighted by Crippen LogP contribution is -2.34. The SMILES string of the molecule is CCOc1cccc(/C=N\NC(=O)CNC(=O)c2ccc3c(c2)OCO3)c1. The van der Waals surface area contributed by atoms with Crippen molar-refractivity contribution in [3.8, 4) is 17.2 Å². The summed E-state index contributed by atoms with van der Waals surface area (Å²) in [6.45, 7) is 2.40. The van der Waals surface area contributed by atoms with Crippen LogP contribution in [-0.2, 0) is 4.79 Å². The molecule has 1 heterocycles. The Hall–Kier alpha value is -3.55. The molecule has 140 valence electrons. The summed E-state index contributed by atoms with van der Waals surface area (Å²) in [6.07, 6.45) is 1.50. The predicted molar refractivity (Wildman–Crippen MR) is 98.2 cm³/mol. The number of nitrogens with zero attached hydrogens (tertiary/aromatic N) is 1. The first-order valence-electron chi connectivity index (χ1n) is 8.38. The van der Waals surface area contributed by atoms with Gasteiger partial charge >= 0.3 is 0 Å². The third kappa shape index (κ3) is 4.97. The summed E-state index contributed by atoms with van der Waals surface area (Å²) in [4.78, 5) is 23.9. The predicted octanol–water partition coefficient (Wildman–Crippen LogP) is 1.69. The fourth-order valence-corrected chi connectivity index (χ4v) is 2.37. The van der Waals surface area contributed by atoms with Gasteiger partial charge in [-0.15, -0.1) is 0 Å². The average Bonchev–Trinajstić information content (AvgIpc) is 3.14. The number of ether oxygens (including phenoxy) is 3. The molecule has 1 aliphatic heterocycles. The van der Waals surface area contributed by atoms with Gasteiger partial charge in [0.1, 0.15) is 5.75 Å². The van der Waals surface area contributed by atoms with Crippen LogP contribution in [0.5, 0.6) is 17.2 Å². The van der Waals surface area contributed by atoms with Crippen LogP contribution in [0, 0.1) is 0 Å². The molecule has 8 nitrogen and oxygen atoms in total. The highest BCUT2D eigenvalue weighted by atomic mass is 16.7. The van der Waals surface area contributed by atoms with E-state index in [1.54, 1.807) is 24.3 Å². The molecule has 0 fully saturated rings. The molecule has 0 bridgehead atoms. The van der Waals surface area contributed by atoms with Crippen molar-refractivity contribution >= 4 is 18.0 Å². The van der Waals surface area contributed by atoms with E-state index in [0.717, 1.165) is 11.3 Å². The van der Waals surface area contributed by atoms with E-state index in [1.165, 1.54) is 6.21 Å². The maximum absolute atomic E-state index is 12.1.